The molecule has 0 atom stereocenters. The molecular weight excluding hydrogens is 360 g/mol. The number of ether oxygens (including phenoxy) is 1. The minimum atomic E-state index is -0.209. The van der Waals surface area contributed by atoms with E-state index in [2.05, 4.69) is 20.2 Å². The summed E-state index contributed by atoms with van der Waals surface area (Å²) in [6.07, 6.45) is 1.81. The molecule has 2 aromatic heterocycles. The lowest BCUT2D eigenvalue weighted by Crippen LogP contribution is -2.36. The molecule has 1 aliphatic rings. The Morgan fingerprint density at radius 1 is 1.15 bits per heavy atom. The summed E-state index contributed by atoms with van der Waals surface area (Å²) in [6.45, 7) is 5.18. The molecule has 0 unspecified atom stereocenters. The van der Waals surface area contributed by atoms with E-state index in [0.717, 1.165) is 53.9 Å². The summed E-state index contributed by atoms with van der Waals surface area (Å²) < 4.78 is 5.37. The first-order chi connectivity index (χ1) is 13.2. The molecule has 1 amide bonds. The minimum absolute atomic E-state index is 0.209. The van der Waals surface area contributed by atoms with Crippen LogP contribution < -0.4 is 10.2 Å². The zero-order valence-corrected chi connectivity index (χ0v) is 15.8. The summed E-state index contributed by atoms with van der Waals surface area (Å²) in [4.78, 5) is 23.6. The van der Waals surface area contributed by atoms with Crippen LogP contribution in [0, 0.1) is 6.92 Å². The van der Waals surface area contributed by atoms with Gasteiger partial charge in [0, 0.05) is 35.9 Å². The number of pyridine rings is 1. The van der Waals surface area contributed by atoms with E-state index in [1.54, 1.807) is 5.38 Å². The van der Waals surface area contributed by atoms with Crippen molar-refractivity contribution in [2.24, 2.45) is 0 Å². The molecule has 1 aliphatic heterocycles. The van der Waals surface area contributed by atoms with Crippen LogP contribution in [0.1, 0.15) is 16.1 Å². The predicted octanol–water partition coefficient (Wildman–Crippen LogP) is 3.60. The van der Waals surface area contributed by atoms with Gasteiger partial charge in [0.25, 0.3) is 5.91 Å². The van der Waals surface area contributed by atoms with E-state index in [1.807, 2.05) is 49.5 Å². The number of nitrogens with one attached hydrogen (secondary N) is 1. The number of carbonyl (C=O) groups excluding carboxylic acids is 1. The van der Waals surface area contributed by atoms with E-state index in [1.165, 1.54) is 11.3 Å². The number of carbonyl (C=O) groups is 1. The third-order valence-corrected chi connectivity index (χ3v) is 5.27. The van der Waals surface area contributed by atoms with Crippen LogP contribution in [0.2, 0.25) is 0 Å². The van der Waals surface area contributed by atoms with Crippen molar-refractivity contribution in [3.8, 4) is 10.6 Å². The standard InChI is InChI=1S/C20H20N4O2S/c1-14-2-5-16(6-3-14)22-19(25)17-13-27-20(23-17)15-4-7-18(21-12-15)24-8-10-26-11-9-24/h2-7,12-13H,8-11H2,1H3,(H,22,25). The number of hydrogen-bond acceptors (Lipinski definition) is 6. The first kappa shape index (κ1) is 17.6. The van der Waals surface area contributed by atoms with Crippen LogP contribution in [0.4, 0.5) is 11.5 Å². The van der Waals surface area contributed by atoms with Gasteiger partial charge in [-0.05, 0) is 31.2 Å². The first-order valence-electron chi connectivity index (χ1n) is 8.82. The van der Waals surface area contributed by atoms with Crippen molar-refractivity contribution in [2.75, 3.05) is 36.5 Å². The van der Waals surface area contributed by atoms with Gasteiger partial charge in [0.05, 0.1) is 13.2 Å². The Labute approximate surface area is 161 Å². The molecule has 3 heterocycles. The van der Waals surface area contributed by atoms with Gasteiger partial charge in [-0.3, -0.25) is 4.79 Å². The third kappa shape index (κ3) is 4.15. The fraction of sp³-hybridized carbons (Fsp3) is 0.250. The molecule has 4 rings (SSSR count). The molecule has 0 saturated carbocycles. The zero-order chi connectivity index (χ0) is 18.6. The quantitative estimate of drug-likeness (QED) is 0.749. The number of thiazole rings is 1. The number of anilines is 2. The average Bonchev–Trinajstić information content (AvgIpc) is 3.21. The van der Waals surface area contributed by atoms with E-state index in [4.69, 9.17) is 4.74 Å². The maximum Gasteiger partial charge on any atom is 0.275 e. The first-order valence-corrected chi connectivity index (χ1v) is 9.70. The van der Waals surface area contributed by atoms with Crippen molar-refractivity contribution >= 4 is 28.7 Å². The second kappa shape index (κ2) is 7.85. The summed E-state index contributed by atoms with van der Waals surface area (Å²) in [5, 5.41) is 5.43. The molecule has 1 aromatic carbocycles. The zero-order valence-electron chi connectivity index (χ0n) is 15.0. The summed E-state index contributed by atoms with van der Waals surface area (Å²) in [5.74, 6) is 0.732. The van der Waals surface area contributed by atoms with Gasteiger partial charge in [0.15, 0.2) is 0 Å². The summed E-state index contributed by atoms with van der Waals surface area (Å²) >= 11 is 1.44. The molecule has 138 valence electrons. The fourth-order valence-corrected chi connectivity index (χ4v) is 3.63. The van der Waals surface area contributed by atoms with Crippen LogP contribution in [0.5, 0.6) is 0 Å². The SMILES string of the molecule is Cc1ccc(NC(=O)c2csc(-c3ccc(N4CCOCC4)nc3)n2)cc1. The minimum Gasteiger partial charge on any atom is -0.378 e. The molecular formula is C20H20N4O2S. The van der Waals surface area contributed by atoms with Crippen LogP contribution in [-0.2, 0) is 4.74 Å². The Balaban J connectivity index is 1.45. The Morgan fingerprint density at radius 2 is 1.93 bits per heavy atom. The number of hydrogen-bond donors (Lipinski definition) is 1. The van der Waals surface area contributed by atoms with Gasteiger partial charge in [-0.25, -0.2) is 9.97 Å². The van der Waals surface area contributed by atoms with E-state index < -0.39 is 0 Å². The monoisotopic (exact) mass is 380 g/mol. The van der Waals surface area contributed by atoms with Crippen LogP contribution >= 0.6 is 11.3 Å². The molecule has 7 heteroatoms. The topological polar surface area (TPSA) is 67.4 Å². The highest BCUT2D eigenvalue weighted by atomic mass is 32.1. The van der Waals surface area contributed by atoms with Crippen LogP contribution in [-0.4, -0.2) is 42.2 Å². The number of morpholine rings is 1. The Kier molecular flexibility index (Phi) is 5.13. The van der Waals surface area contributed by atoms with Crippen molar-refractivity contribution in [1.82, 2.24) is 9.97 Å². The summed E-state index contributed by atoms with van der Waals surface area (Å²) in [5.41, 5.74) is 3.23. The number of benzene rings is 1. The largest absolute Gasteiger partial charge is 0.378 e. The molecule has 3 aromatic rings. The molecule has 0 radical (unpaired) electrons. The lowest BCUT2D eigenvalue weighted by atomic mass is 10.2. The lowest BCUT2D eigenvalue weighted by Gasteiger charge is -2.27. The van der Waals surface area contributed by atoms with Gasteiger partial charge in [-0.2, -0.15) is 0 Å². The Morgan fingerprint density at radius 3 is 2.63 bits per heavy atom. The normalized spacial score (nSPS) is 14.2. The fourth-order valence-electron chi connectivity index (χ4n) is 2.83. The van der Waals surface area contributed by atoms with Crippen molar-refractivity contribution in [3.05, 3.63) is 59.2 Å². The molecule has 0 spiro atoms. The van der Waals surface area contributed by atoms with Gasteiger partial charge in [-0.15, -0.1) is 11.3 Å². The molecule has 27 heavy (non-hydrogen) atoms. The van der Waals surface area contributed by atoms with E-state index in [9.17, 15) is 4.79 Å². The van der Waals surface area contributed by atoms with E-state index in [0.29, 0.717) is 5.69 Å². The van der Waals surface area contributed by atoms with Gasteiger partial charge >= 0.3 is 0 Å². The number of aryl methyl sites for hydroxylation is 1. The van der Waals surface area contributed by atoms with Crippen molar-refractivity contribution in [1.29, 1.82) is 0 Å². The molecule has 0 aliphatic carbocycles. The number of amides is 1. The Bertz CT molecular complexity index is 916. The molecule has 6 nitrogen and oxygen atoms in total. The number of rotatable bonds is 4. The predicted molar refractivity (Wildman–Crippen MR) is 108 cm³/mol. The second-order valence-corrected chi connectivity index (χ2v) is 7.22. The maximum atomic E-state index is 12.4. The van der Waals surface area contributed by atoms with Gasteiger partial charge < -0.3 is 15.0 Å². The highest BCUT2D eigenvalue weighted by Gasteiger charge is 2.15. The molecule has 1 N–H and O–H groups in total. The molecule has 1 fully saturated rings. The summed E-state index contributed by atoms with van der Waals surface area (Å²) in [6, 6.07) is 11.7. The van der Waals surface area contributed by atoms with Crippen LogP contribution in [0.15, 0.2) is 48.0 Å². The number of nitrogens with zero attached hydrogens (tertiary/aromatic N) is 3. The van der Waals surface area contributed by atoms with Crippen LogP contribution in [0.3, 0.4) is 0 Å². The average molecular weight is 380 g/mol. The molecule has 1 saturated heterocycles. The van der Waals surface area contributed by atoms with E-state index in [-0.39, 0.29) is 5.91 Å². The van der Waals surface area contributed by atoms with Gasteiger partial charge in [0.1, 0.15) is 16.5 Å². The summed E-state index contributed by atoms with van der Waals surface area (Å²) in [7, 11) is 0. The maximum absolute atomic E-state index is 12.4. The lowest BCUT2D eigenvalue weighted by molar-refractivity contribution is 0.102. The number of aromatic nitrogens is 2. The van der Waals surface area contributed by atoms with Crippen molar-refractivity contribution in [3.63, 3.8) is 0 Å². The highest BCUT2D eigenvalue weighted by Crippen LogP contribution is 2.25. The third-order valence-electron chi connectivity index (χ3n) is 4.38. The second-order valence-electron chi connectivity index (χ2n) is 6.36. The van der Waals surface area contributed by atoms with Crippen LogP contribution in [0.25, 0.3) is 10.6 Å². The smallest absolute Gasteiger partial charge is 0.275 e. The van der Waals surface area contributed by atoms with Gasteiger partial charge in [0.2, 0.25) is 0 Å². The molecule has 0 bridgehead atoms. The highest BCUT2D eigenvalue weighted by molar-refractivity contribution is 7.13. The van der Waals surface area contributed by atoms with Crippen molar-refractivity contribution < 1.29 is 9.53 Å². The van der Waals surface area contributed by atoms with E-state index >= 15 is 0 Å². The van der Waals surface area contributed by atoms with Gasteiger partial charge in [-0.1, -0.05) is 17.7 Å². The van der Waals surface area contributed by atoms with Crippen molar-refractivity contribution in [2.45, 2.75) is 6.92 Å². The Hall–Kier alpha value is -2.77.